The molecule has 0 atom stereocenters. The van der Waals surface area contributed by atoms with E-state index in [9.17, 15) is 0 Å². The molecule has 0 aromatic carbocycles. The van der Waals surface area contributed by atoms with Gasteiger partial charge in [0.2, 0.25) is 0 Å². The highest BCUT2D eigenvalue weighted by Gasteiger charge is 2.42. The standard InChI is InChI=1S/C11H25BrSSi/c1-9(2)14(10(3)4,11(5)6)13-8-7-12/h9-11H,7-8H2,1-6H3. The van der Waals surface area contributed by atoms with E-state index in [4.69, 9.17) is 0 Å². The van der Waals surface area contributed by atoms with Gasteiger partial charge in [-0.3, -0.25) is 0 Å². The Labute approximate surface area is 103 Å². The third-order valence-electron chi connectivity index (χ3n) is 3.14. The van der Waals surface area contributed by atoms with Gasteiger partial charge < -0.3 is 0 Å². The Hall–Kier alpha value is 1.05. The van der Waals surface area contributed by atoms with Crippen LogP contribution in [0.15, 0.2) is 0 Å². The highest BCUT2D eigenvalue weighted by Crippen LogP contribution is 2.49. The summed E-state index contributed by atoms with van der Waals surface area (Å²) in [6.07, 6.45) is 0. The van der Waals surface area contributed by atoms with Crippen molar-refractivity contribution in [3.05, 3.63) is 0 Å². The van der Waals surface area contributed by atoms with Crippen molar-refractivity contribution in [1.82, 2.24) is 0 Å². The van der Waals surface area contributed by atoms with Gasteiger partial charge in [-0.05, 0) is 22.4 Å². The predicted molar refractivity (Wildman–Crippen MR) is 77.3 cm³/mol. The molecule has 0 saturated heterocycles. The fraction of sp³-hybridized carbons (Fsp3) is 1.00. The van der Waals surface area contributed by atoms with Crippen molar-refractivity contribution in [3.8, 4) is 0 Å². The van der Waals surface area contributed by atoms with Gasteiger partial charge in [-0.1, -0.05) is 57.5 Å². The van der Waals surface area contributed by atoms with Crippen LogP contribution in [0, 0.1) is 0 Å². The summed E-state index contributed by atoms with van der Waals surface area (Å²) in [5.41, 5.74) is 2.64. The molecule has 0 radical (unpaired) electrons. The van der Waals surface area contributed by atoms with Gasteiger partial charge in [0, 0.05) is 5.33 Å². The second-order valence-electron chi connectivity index (χ2n) is 4.86. The summed E-state index contributed by atoms with van der Waals surface area (Å²) >= 11 is 5.84. The van der Waals surface area contributed by atoms with Crippen LogP contribution in [-0.2, 0) is 0 Å². The molecule has 0 bridgehead atoms. The summed E-state index contributed by atoms with van der Waals surface area (Å²) in [6.45, 7) is 14.5. The molecule has 0 rings (SSSR count). The van der Waals surface area contributed by atoms with E-state index in [1.165, 1.54) is 5.75 Å². The zero-order valence-electron chi connectivity index (χ0n) is 10.4. The normalized spacial score (nSPS) is 13.3. The van der Waals surface area contributed by atoms with Crippen LogP contribution in [0.25, 0.3) is 0 Å². The Kier molecular flexibility index (Phi) is 7.08. The van der Waals surface area contributed by atoms with Crippen molar-refractivity contribution in [2.24, 2.45) is 0 Å². The van der Waals surface area contributed by atoms with Gasteiger partial charge in [-0.2, -0.15) is 11.2 Å². The lowest BCUT2D eigenvalue weighted by Crippen LogP contribution is -2.41. The minimum Gasteiger partial charge on any atom is -0.183 e. The molecular formula is C11H25BrSSi. The quantitative estimate of drug-likeness (QED) is 0.474. The molecule has 0 aromatic heterocycles. The molecule has 0 amide bonds. The predicted octanol–water partition coefficient (Wildman–Crippen LogP) is 5.29. The minimum absolute atomic E-state index is 0.881. The van der Waals surface area contributed by atoms with Gasteiger partial charge in [0.1, 0.15) is 7.22 Å². The molecule has 0 N–H and O–H groups in total. The van der Waals surface area contributed by atoms with Crippen LogP contribution in [-0.4, -0.2) is 18.3 Å². The third-order valence-corrected chi connectivity index (χ3v) is 16.7. The first-order chi connectivity index (χ1) is 6.39. The third kappa shape index (κ3) is 3.27. The van der Waals surface area contributed by atoms with Gasteiger partial charge in [-0.15, -0.1) is 0 Å². The van der Waals surface area contributed by atoms with E-state index in [1.807, 2.05) is 0 Å². The topological polar surface area (TPSA) is 0 Å². The number of halogens is 1. The second kappa shape index (κ2) is 6.59. The summed E-state index contributed by atoms with van der Waals surface area (Å²) in [5.74, 6) is 1.28. The molecular weight excluding hydrogens is 272 g/mol. The van der Waals surface area contributed by atoms with Crippen LogP contribution < -0.4 is 0 Å². The highest BCUT2D eigenvalue weighted by atomic mass is 79.9. The zero-order valence-corrected chi connectivity index (χ0v) is 13.8. The second-order valence-corrected chi connectivity index (χ2v) is 14.5. The van der Waals surface area contributed by atoms with E-state index in [0.29, 0.717) is 0 Å². The van der Waals surface area contributed by atoms with Crippen molar-refractivity contribution >= 4 is 34.4 Å². The fourth-order valence-electron chi connectivity index (χ4n) is 2.72. The van der Waals surface area contributed by atoms with Gasteiger partial charge in [0.05, 0.1) is 0 Å². The number of rotatable bonds is 6. The molecule has 86 valence electrons. The molecule has 14 heavy (non-hydrogen) atoms. The van der Waals surface area contributed by atoms with Crippen molar-refractivity contribution in [2.75, 3.05) is 11.1 Å². The summed E-state index contributed by atoms with van der Waals surface area (Å²) in [5, 5.41) is 1.14. The molecule has 0 aliphatic rings. The Morgan fingerprint density at radius 1 is 0.929 bits per heavy atom. The molecule has 0 unspecified atom stereocenters. The van der Waals surface area contributed by atoms with Crippen LogP contribution in [0.4, 0.5) is 0 Å². The molecule has 0 heterocycles. The maximum absolute atomic E-state index is 3.55. The van der Waals surface area contributed by atoms with Crippen LogP contribution in [0.3, 0.4) is 0 Å². The number of hydrogen-bond donors (Lipinski definition) is 0. The van der Waals surface area contributed by atoms with E-state index in [1.54, 1.807) is 0 Å². The minimum atomic E-state index is -1.16. The number of hydrogen-bond acceptors (Lipinski definition) is 1. The molecule has 0 aromatic rings. The first-order valence-electron chi connectivity index (χ1n) is 5.59. The van der Waals surface area contributed by atoms with Gasteiger partial charge in [0.25, 0.3) is 0 Å². The molecule has 0 aliphatic heterocycles. The summed E-state index contributed by atoms with van der Waals surface area (Å²) in [6, 6.07) is 0. The van der Waals surface area contributed by atoms with Crippen LogP contribution in [0.1, 0.15) is 41.5 Å². The van der Waals surface area contributed by atoms with Crippen LogP contribution >= 0.6 is 27.1 Å². The van der Waals surface area contributed by atoms with Crippen molar-refractivity contribution in [2.45, 2.75) is 58.2 Å². The first kappa shape index (κ1) is 15.0. The lowest BCUT2D eigenvalue weighted by atomic mass is 10.5. The van der Waals surface area contributed by atoms with E-state index >= 15 is 0 Å². The molecule has 0 nitrogen and oxygen atoms in total. The molecule has 0 saturated carbocycles. The summed E-state index contributed by atoms with van der Waals surface area (Å²) in [4.78, 5) is 0. The van der Waals surface area contributed by atoms with E-state index in [0.717, 1.165) is 22.0 Å². The van der Waals surface area contributed by atoms with E-state index < -0.39 is 7.22 Å². The van der Waals surface area contributed by atoms with Gasteiger partial charge in [-0.25, -0.2) is 0 Å². The van der Waals surface area contributed by atoms with Crippen LogP contribution in [0.5, 0.6) is 0 Å². The van der Waals surface area contributed by atoms with Crippen LogP contribution in [0.2, 0.25) is 16.6 Å². The highest BCUT2D eigenvalue weighted by molar-refractivity contribution is 9.09. The monoisotopic (exact) mass is 296 g/mol. The van der Waals surface area contributed by atoms with Crippen molar-refractivity contribution in [3.63, 3.8) is 0 Å². The number of alkyl halides is 1. The average molecular weight is 297 g/mol. The fourth-order valence-corrected chi connectivity index (χ4v) is 13.9. The summed E-state index contributed by atoms with van der Waals surface area (Å²) in [7, 11) is -1.16. The van der Waals surface area contributed by atoms with Crippen molar-refractivity contribution < 1.29 is 0 Å². The lowest BCUT2D eigenvalue weighted by molar-refractivity contribution is 0.851. The SMILES string of the molecule is CC(C)[Si](SCCBr)(C(C)C)C(C)C. The zero-order chi connectivity index (χ0) is 11.4. The molecule has 0 fully saturated rings. The maximum Gasteiger partial charge on any atom is 0.124 e. The lowest BCUT2D eigenvalue weighted by Gasteiger charge is -2.42. The van der Waals surface area contributed by atoms with Crippen molar-refractivity contribution in [1.29, 1.82) is 0 Å². The van der Waals surface area contributed by atoms with Gasteiger partial charge >= 0.3 is 0 Å². The first-order valence-corrected chi connectivity index (χ1v) is 10.7. The Balaban J connectivity index is 4.76. The molecule has 3 heteroatoms. The van der Waals surface area contributed by atoms with Gasteiger partial charge in [0.15, 0.2) is 0 Å². The Morgan fingerprint density at radius 3 is 1.50 bits per heavy atom. The van der Waals surface area contributed by atoms with E-state index in [2.05, 4.69) is 68.7 Å². The Bertz CT molecular complexity index is 136. The summed E-state index contributed by atoms with van der Waals surface area (Å²) < 4.78 is 0. The smallest absolute Gasteiger partial charge is 0.124 e. The largest absolute Gasteiger partial charge is 0.183 e. The Morgan fingerprint density at radius 2 is 1.29 bits per heavy atom. The van der Waals surface area contributed by atoms with E-state index in [-0.39, 0.29) is 0 Å². The molecule has 0 spiro atoms. The molecule has 0 aliphatic carbocycles. The average Bonchev–Trinajstić information content (AvgIpc) is 2.03. The maximum atomic E-state index is 3.55.